The molecule has 2 aromatic rings. The molecule has 0 bridgehead atoms. The van der Waals surface area contributed by atoms with E-state index in [0.717, 1.165) is 22.3 Å². The molecule has 2 aromatic carbocycles. The van der Waals surface area contributed by atoms with Gasteiger partial charge in [-0.3, -0.25) is 4.79 Å². The molecule has 2 N–H and O–H groups in total. The third kappa shape index (κ3) is 4.96. The Balaban J connectivity index is 1.94. The van der Waals surface area contributed by atoms with Gasteiger partial charge in [0.05, 0.1) is 6.21 Å². The minimum absolute atomic E-state index is 0.132. The molecule has 2 rings (SSSR count). The van der Waals surface area contributed by atoms with Crippen LogP contribution >= 0.6 is 0 Å². The Kier molecular flexibility index (Phi) is 6.55. The average Bonchev–Trinajstić information content (AvgIpc) is 2.57. The largest absolute Gasteiger partial charge is 0.507 e. The summed E-state index contributed by atoms with van der Waals surface area (Å²) in [4.78, 5) is 11.9. The first-order chi connectivity index (χ1) is 12.4. The maximum atomic E-state index is 11.9. The smallest absolute Gasteiger partial charge is 0.277 e. The lowest BCUT2D eigenvalue weighted by Crippen LogP contribution is -2.25. The number of para-hydroxylation sites is 1. The van der Waals surface area contributed by atoms with Crippen molar-refractivity contribution in [2.75, 3.05) is 6.61 Å². The van der Waals surface area contributed by atoms with Gasteiger partial charge in [0.15, 0.2) is 6.61 Å². The van der Waals surface area contributed by atoms with Gasteiger partial charge in [-0.2, -0.15) is 5.10 Å². The third-order valence-corrected chi connectivity index (χ3v) is 3.86. The van der Waals surface area contributed by atoms with E-state index in [2.05, 4.69) is 17.1 Å². The zero-order valence-corrected chi connectivity index (χ0v) is 15.4. The molecular formula is C21H24N2O3. The van der Waals surface area contributed by atoms with Gasteiger partial charge in [-0.25, -0.2) is 5.43 Å². The number of hydrazone groups is 1. The number of nitrogens with zero attached hydrogens (tertiary/aromatic N) is 1. The van der Waals surface area contributed by atoms with Crippen molar-refractivity contribution >= 4 is 12.1 Å². The van der Waals surface area contributed by atoms with Gasteiger partial charge in [0.2, 0.25) is 0 Å². The summed E-state index contributed by atoms with van der Waals surface area (Å²) < 4.78 is 5.62. The number of phenols is 1. The second-order valence-corrected chi connectivity index (χ2v) is 6.16. The van der Waals surface area contributed by atoms with Crippen LogP contribution in [0.2, 0.25) is 0 Å². The van der Waals surface area contributed by atoms with E-state index in [1.165, 1.54) is 6.21 Å². The fourth-order valence-electron chi connectivity index (χ4n) is 2.77. The number of aromatic hydroxyl groups is 1. The molecule has 0 radical (unpaired) electrons. The Morgan fingerprint density at radius 3 is 2.62 bits per heavy atom. The second kappa shape index (κ2) is 8.85. The summed E-state index contributed by atoms with van der Waals surface area (Å²) in [5.74, 6) is 0.472. The van der Waals surface area contributed by atoms with Crippen LogP contribution in [-0.4, -0.2) is 23.8 Å². The van der Waals surface area contributed by atoms with E-state index in [0.29, 0.717) is 17.7 Å². The maximum Gasteiger partial charge on any atom is 0.277 e. The van der Waals surface area contributed by atoms with Gasteiger partial charge in [0.25, 0.3) is 5.91 Å². The zero-order valence-electron chi connectivity index (χ0n) is 15.4. The molecule has 0 aliphatic rings. The highest BCUT2D eigenvalue weighted by atomic mass is 16.5. The number of nitrogens with one attached hydrogen (secondary N) is 1. The second-order valence-electron chi connectivity index (χ2n) is 6.16. The number of allylic oxidation sites excluding steroid dienone is 1. The standard InChI is InChI=1S/C21H24N2O3/c1-5-7-17-8-6-9-18(20(17)25)12-22-23-19(24)13-26-21-15(3)10-14(2)11-16(21)4/h5-6,8-12,25H,1,7,13H2,2-4H3,(H,23,24)/b22-12-. The molecule has 0 saturated carbocycles. The molecule has 0 spiro atoms. The molecule has 0 heterocycles. The lowest BCUT2D eigenvalue weighted by molar-refractivity contribution is -0.123. The number of hydrogen-bond donors (Lipinski definition) is 2. The molecule has 5 heteroatoms. The van der Waals surface area contributed by atoms with Gasteiger partial charge in [-0.05, 0) is 49.9 Å². The highest BCUT2D eigenvalue weighted by molar-refractivity contribution is 5.86. The lowest BCUT2D eigenvalue weighted by atomic mass is 10.1. The molecule has 0 atom stereocenters. The molecule has 1 amide bonds. The van der Waals surface area contributed by atoms with E-state index in [1.54, 1.807) is 12.1 Å². The van der Waals surface area contributed by atoms with Crippen molar-refractivity contribution in [3.8, 4) is 11.5 Å². The van der Waals surface area contributed by atoms with Crippen molar-refractivity contribution in [2.24, 2.45) is 5.10 Å². The summed E-state index contributed by atoms with van der Waals surface area (Å²) in [7, 11) is 0. The molecule has 0 fully saturated rings. The molecule has 5 nitrogen and oxygen atoms in total. The number of benzene rings is 2. The number of phenolic OH excluding ortho intramolecular Hbond substituents is 1. The quantitative estimate of drug-likeness (QED) is 0.455. The fraction of sp³-hybridized carbons (Fsp3) is 0.238. The topological polar surface area (TPSA) is 70.9 Å². The summed E-state index contributed by atoms with van der Waals surface area (Å²) in [6.45, 7) is 9.44. The van der Waals surface area contributed by atoms with E-state index in [4.69, 9.17) is 4.74 Å². The van der Waals surface area contributed by atoms with Crippen LogP contribution < -0.4 is 10.2 Å². The maximum absolute atomic E-state index is 11.9. The Hall–Kier alpha value is -3.08. The summed E-state index contributed by atoms with van der Waals surface area (Å²) >= 11 is 0. The van der Waals surface area contributed by atoms with Crippen LogP contribution in [0.15, 0.2) is 48.1 Å². The average molecular weight is 352 g/mol. The monoisotopic (exact) mass is 352 g/mol. The number of amides is 1. The van der Waals surface area contributed by atoms with Gasteiger partial charge in [-0.15, -0.1) is 6.58 Å². The summed E-state index contributed by atoms with van der Waals surface area (Å²) in [5.41, 5.74) is 6.81. The van der Waals surface area contributed by atoms with Crippen molar-refractivity contribution in [1.82, 2.24) is 5.43 Å². The van der Waals surface area contributed by atoms with Crippen molar-refractivity contribution in [3.05, 3.63) is 70.8 Å². The van der Waals surface area contributed by atoms with E-state index in [-0.39, 0.29) is 18.3 Å². The molecule has 0 aromatic heterocycles. The lowest BCUT2D eigenvalue weighted by Gasteiger charge is -2.12. The summed E-state index contributed by atoms with van der Waals surface area (Å²) in [6.07, 6.45) is 3.68. The number of carbonyl (C=O) groups excluding carboxylic acids is 1. The van der Waals surface area contributed by atoms with Crippen LogP contribution in [0.25, 0.3) is 0 Å². The van der Waals surface area contributed by atoms with E-state index >= 15 is 0 Å². The van der Waals surface area contributed by atoms with Crippen LogP contribution in [0, 0.1) is 20.8 Å². The predicted molar refractivity (Wildman–Crippen MR) is 104 cm³/mol. The fourth-order valence-corrected chi connectivity index (χ4v) is 2.77. The van der Waals surface area contributed by atoms with Gasteiger partial charge < -0.3 is 9.84 Å². The van der Waals surface area contributed by atoms with Gasteiger partial charge in [0.1, 0.15) is 11.5 Å². The molecule has 136 valence electrons. The van der Waals surface area contributed by atoms with Crippen LogP contribution in [0.3, 0.4) is 0 Å². The molecule has 26 heavy (non-hydrogen) atoms. The van der Waals surface area contributed by atoms with Gasteiger partial charge in [-0.1, -0.05) is 35.9 Å². The number of ether oxygens (including phenoxy) is 1. The molecule has 0 aliphatic heterocycles. The normalized spacial score (nSPS) is 10.7. The predicted octanol–water partition coefficient (Wildman–Crippen LogP) is 3.58. The van der Waals surface area contributed by atoms with E-state index in [1.807, 2.05) is 45.0 Å². The van der Waals surface area contributed by atoms with Gasteiger partial charge in [0, 0.05) is 5.56 Å². The number of hydrogen-bond acceptors (Lipinski definition) is 4. The first-order valence-corrected chi connectivity index (χ1v) is 8.36. The van der Waals surface area contributed by atoms with Crippen molar-refractivity contribution in [1.29, 1.82) is 0 Å². The Morgan fingerprint density at radius 2 is 1.96 bits per heavy atom. The summed E-state index contributed by atoms with van der Waals surface area (Å²) in [6, 6.07) is 9.36. The van der Waals surface area contributed by atoms with Gasteiger partial charge >= 0.3 is 0 Å². The van der Waals surface area contributed by atoms with Crippen molar-refractivity contribution < 1.29 is 14.6 Å². The Bertz CT molecular complexity index is 818. The van der Waals surface area contributed by atoms with Crippen LogP contribution in [0.1, 0.15) is 27.8 Å². The van der Waals surface area contributed by atoms with E-state index in [9.17, 15) is 9.90 Å². The Morgan fingerprint density at radius 1 is 1.27 bits per heavy atom. The number of carbonyl (C=O) groups is 1. The molecule has 0 unspecified atom stereocenters. The number of rotatable bonds is 7. The SMILES string of the molecule is C=CCc1cccc(/C=N\NC(=O)COc2c(C)cc(C)cc2C)c1O. The zero-order chi connectivity index (χ0) is 19.1. The van der Waals surface area contributed by atoms with E-state index < -0.39 is 0 Å². The number of aryl methyl sites for hydroxylation is 3. The minimum Gasteiger partial charge on any atom is -0.507 e. The Labute approximate surface area is 154 Å². The highest BCUT2D eigenvalue weighted by Crippen LogP contribution is 2.24. The van der Waals surface area contributed by atoms with Crippen LogP contribution in [0.4, 0.5) is 0 Å². The first-order valence-electron chi connectivity index (χ1n) is 8.36. The first kappa shape index (κ1) is 19.2. The molecular weight excluding hydrogens is 328 g/mol. The van der Waals surface area contributed by atoms with Crippen LogP contribution in [0.5, 0.6) is 11.5 Å². The highest BCUT2D eigenvalue weighted by Gasteiger charge is 2.08. The minimum atomic E-state index is -0.373. The van der Waals surface area contributed by atoms with Crippen LogP contribution in [-0.2, 0) is 11.2 Å². The van der Waals surface area contributed by atoms with Crippen molar-refractivity contribution in [2.45, 2.75) is 27.2 Å². The van der Waals surface area contributed by atoms with Crippen molar-refractivity contribution in [3.63, 3.8) is 0 Å². The molecule has 0 saturated heterocycles. The summed E-state index contributed by atoms with van der Waals surface area (Å²) in [5, 5.41) is 14.0. The third-order valence-electron chi connectivity index (χ3n) is 3.86. The molecule has 0 aliphatic carbocycles.